The molecule has 374 valence electrons. The van der Waals surface area contributed by atoms with Gasteiger partial charge in [-0.05, 0) is 138 Å². The first kappa shape index (κ1) is 55.6. The Balaban J connectivity index is 0.000000316. The second kappa shape index (κ2) is 36.1. The van der Waals surface area contributed by atoms with Gasteiger partial charge in [0.05, 0.1) is 18.8 Å². The third-order valence-corrected chi connectivity index (χ3v) is 12.2. The summed E-state index contributed by atoms with van der Waals surface area (Å²) >= 11 is 0. The van der Waals surface area contributed by atoms with Crippen molar-refractivity contribution in [3.8, 4) is 23.0 Å². The van der Waals surface area contributed by atoms with Crippen molar-refractivity contribution >= 4 is 11.9 Å². The Hall–Kier alpha value is -3.96. The number of carbonyl (C=O) groups is 2. The minimum absolute atomic E-state index is 0.0490. The minimum Gasteiger partial charge on any atom is -0.494 e. The molecule has 10 nitrogen and oxygen atoms in total. The fourth-order valence-electron chi connectivity index (χ4n) is 8.18. The molecule has 5 rings (SSSR count). The Morgan fingerprint density at radius 2 is 0.881 bits per heavy atom. The van der Waals surface area contributed by atoms with Crippen LogP contribution in [0.1, 0.15) is 195 Å². The van der Waals surface area contributed by atoms with Crippen molar-refractivity contribution in [3.05, 3.63) is 83.4 Å². The van der Waals surface area contributed by atoms with Crippen LogP contribution in [0.25, 0.3) is 0 Å². The number of benzene rings is 3. The third-order valence-electron chi connectivity index (χ3n) is 12.2. The average molecular weight is 931 g/mol. The van der Waals surface area contributed by atoms with Crippen LogP contribution in [0.3, 0.4) is 0 Å². The maximum absolute atomic E-state index is 12.5. The van der Waals surface area contributed by atoms with Gasteiger partial charge in [-0.1, -0.05) is 120 Å². The molecule has 0 spiro atoms. The quantitative estimate of drug-likeness (QED) is 0.0333. The molecule has 0 radical (unpaired) electrons. The second-order valence-corrected chi connectivity index (χ2v) is 18.3. The summed E-state index contributed by atoms with van der Waals surface area (Å²) in [5, 5.41) is 0. The van der Waals surface area contributed by atoms with E-state index in [-0.39, 0.29) is 12.6 Å². The first-order valence-electron chi connectivity index (χ1n) is 26.3. The highest BCUT2D eigenvalue weighted by molar-refractivity contribution is 5.91. The molecule has 0 aromatic heterocycles. The van der Waals surface area contributed by atoms with Gasteiger partial charge in [0.25, 0.3) is 0 Å². The Labute approximate surface area is 404 Å². The molecule has 10 heteroatoms. The molecule has 67 heavy (non-hydrogen) atoms. The van der Waals surface area contributed by atoms with E-state index in [4.69, 9.17) is 37.9 Å². The van der Waals surface area contributed by atoms with Gasteiger partial charge in [-0.15, -0.1) is 0 Å². The summed E-state index contributed by atoms with van der Waals surface area (Å²) in [5.41, 5.74) is 2.43. The highest BCUT2D eigenvalue weighted by Crippen LogP contribution is 2.25. The number of hydrogen-bond donors (Lipinski definition) is 0. The molecule has 2 heterocycles. The van der Waals surface area contributed by atoms with Gasteiger partial charge in [0, 0.05) is 33.4 Å². The van der Waals surface area contributed by atoms with Gasteiger partial charge in [-0.25, -0.2) is 4.79 Å². The highest BCUT2D eigenvalue weighted by Gasteiger charge is 2.15. The van der Waals surface area contributed by atoms with E-state index >= 15 is 0 Å². The van der Waals surface area contributed by atoms with Crippen molar-refractivity contribution in [2.75, 3.05) is 39.6 Å². The van der Waals surface area contributed by atoms with E-state index in [1.165, 1.54) is 154 Å². The molecule has 3 aromatic carbocycles. The van der Waals surface area contributed by atoms with Crippen LogP contribution in [0.4, 0.5) is 0 Å². The lowest BCUT2D eigenvalue weighted by Crippen LogP contribution is -2.22. The molecule has 0 N–H and O–H groups in total. The predicted octanol–water partition coefficient (Wildman–Crippen LogP) is 14.8. The largest absolute Gasteiger partial charge is 0.494 e. The minimum atomic E-state index is -0.450. The summed E-state index contributed by atoms with van der Waals surface area (Å²) in [6, 6.07) is 20.2. The molecule has 3 aromatic rings. The molecule has 0 amide bonds. The molecule has 0 bridgehead atoms. The SMILES string of the molecule is CC(=O)Oc1ccc(OC(=O)c2ccc(OCCCCCCCCCCCCOC3CCCCO3)cc2)c(C)c1.Cc1ccc(OCCCCCCCCCCCCOC2CCCCO2)cc1. The number of ether oxygens (including phenoxy) is 8. The second-order valence-electron chi connectivity index (χ2n) is 18.3. The fourth-order valence-corrected chi connectivity index (χ4v) is 8.18. The zero-order chi connectivity index (χ0) is 47.4. The molecule has 2 atom stereocenters. The van der Waals surface area contributed by atoms with Crippen LogP contribution in [-0.2, 0) is 23.7 Å². The van der Waals surface area contributed by atoms with Crippen LogP contribution >= 0.6 is 0 Å². The van der Waals surface area contributed by atoms with Crippen molar-refractivity contribution < 1.29 is 47.5 Å². The number of esters is 2. The van der Waals surface area contributed by atoms with Crippen LogP contribution in [0.5, 0.6) is 23.0 Å². The first-order valence-corrected chi connectivity index (χ1v) is 26.3. The van der Waals surface area contributed by atoms with Crippen LogP contribution in [0, 0.1) is 13.8 Å². The lowest BCUT2D eigenvalue weighted by molar-refractivity contribution is -0.163. The van der Waals surface area contributed by atoms with E-state index in [0.717, 1.165) is 70.2 Å². The van der Waals surface area contributed by atoms with E-state index in [9.17, 15) is 9.59 Å². The van der Waals surface area contributed by atoms with Crippen molar-refractivity contribution in [2.45, 2.75) is 200 Å². The van der Waals surface area contributed by atoms with Crippen LogP contribution in [0.15, 0.2) is 66.7 Å². The fraction of sp³-hybridized carbons (Fsp3) is 0.649. The average Bonchev–Trinajstić information content (AvgIpc) is 3.34. The van der Waals surface area contributed by atoms with Crippen molar-refractivity contribution in [3.63, 3.8) is 0 Å². The number of unbranched alkanes of at least 4 members (excludes halogenated alkanes) is 18. The van der Waals surface area contributed by atoms with Crippen LogP contribution in [-0.4, -0.2) is 64.2 Å². The van der Waals surface area contributed by atoms with E-state index < -0.39 is 11.9 Å². The Morgan fingerprint density at radius 3 is 1.28 bits per heavy atom. The van der Waals surface area contributed by atoms with Gasteiger partial charge in [-0.3, -0.25) is 4.79 Å². The molecule has 2 unspecified atom stereocenters. The van der Waals surface area contributed by atoms with Crippen molar-refractivity contribution in [2.24, 2.45) is 0 Å². The molecule has 2 saturated heterocycles. The summed E-state index contributed by atoms with van der Waals surface area (Å²) in [4.78, 5) is 23.6. The van der Waals surface area contributed by atoms with Gasteiger partial charge >= 0.3 is 11.9 Å². The van der Waals surface area contributed by atoms with Gasteiger partial charge in [-0.2, -0.15) is 0 Å². The number of carbonyl (C=O) groups excluding carboxylic acids is 2. The lowest BCUT2D eigenvalue weighted by Gasteiger charge is -2.22. The monoisotopic (exact) mass is 931 g/mol. The van der Waals surface area contributed by atoms with Gasteiger partial charge in [0.1, 0.15) is 23.0 Å². The van der Waals surface area contributed by atoms with Crippen LogP contribution < -0.4 is 18.9 Å². The van der Waals surface area contributed by atoms with Gasteiger partial charge in [0.15, 0.2) is 12.6 Å². The highest BCUT2D eigenvalue weighted by atomic mass is 16.7. The predicted molar refractivity (Wildman–Crippen MR) is 267 cm³/mol. The van der Waals surface area contributed by atoms with Crippen molar-refractivity contribution in [1.82, 2.24) is 0 Å². The van der Waals surface area contributed by atoms with E-state index in [1.807, 2.05) is 0 Å². The molecule has 2 aliphatic rings. The summed E-state index contributed by atoms with van der Waals surface area (Å²) in [6.45, 7) is 10.2. The number of aryl methyl sites for hydroxylation is 2. The maximum Gasteiger partial charge on any atom is 0.343 e. The number of rotatable bonds is 33. The summed E-state index contributed by atoms with van der Waals surface area (Å²) < 4.78 is 44.9. The summed E-state index contributed by atoms with van der Waals surface area (Å²) in [5.74, 6) is 1.74. The molecule has 2 fully saturated rings. The smallest absolute Gasteiger partial charge is 0.343 e. The Morgan fingerprint density at radius 1 is 0.478 bits per heavy atom. The zero-order valence-corrected chi connectivity index (χ0v) is 41.7. The normalized spacial score (nSPS) is 15.9. The van der Waals surface area contributed by atoms with Crippen molar-refractivity contribution in [1.29, 1.82) is 0 Å². The van der Waals surface area contributed by atoms with Crippen LogP contribution in [0.2, 0.25) is 0 Å². The number of hydrogen-bond acceptors (Lipinski definition) is 10. The van der Waals surface area contributed by atoms with Gasteiger partial charge < -0.3 is 37.9 Å². The van der Waals surface area contributed by atoms with Gasteiger partial charge in [0.2, 0.25) is 0 Å². The topological polar surface area (TPSA) is 108 Å². The Bertz CT molecular complexity index is 1700. The molecular formula is C57H86O10. The lowest BCUT2D eigenvalue weighted by atomic mass is 10.1. The standard InChI is InChI=1S/C33H46O7.C24H40O3/c1-26-25-30(39-27(2)34)20-21-31(26)40-33(35)28-16-18-29(19-17-28)36-22-12-9-7-5-3-4-6-8-10-13-23-37-32-15-11-14-24-38-32;1-22-15-17-23(18-16-22)25-19-11-8-6-4-2-3-5-7-9-12-20-26-24-14-10-13-21-27-24/h16-21,25,32H,3-15,22-24H2,1-2H3;15-18,24H,2-14,19-21H2,1H3. The zero-order valence-electron chi connectivity index (χ0n) is 41.7. The molecule has 2 aliphatic heterocycles. The maximum atomic E-state index is 12.5. The van der Waals surface area contributed by atoms with E-state index in [0.29, 0.717) is 29.2 Å². The first-order chi connectivity index (χ1) is 32.9. The van der Waals surface area contributed by atoms with E-state index in [2.05, 4.69) is 31.2 Å². The van der Waals surface area contributed by atoms with E-state index in [1.54, 1.807) is 49.4 Å². The third kappa shape index (κ3) is 27.0. The molecule has 0 aliphatic carbocycles. The molecular weight excluding hydrogens is 845 g/mol. The summed E-state index contributed by atoms with van der Waals surface area (Å²) in [7, 11) is 0. The molecule has 0 saturated carbocycles. The summed E-state index contributed by atoms with van der Waals surface area (Å²) in [6.07, 6.45) is 32.6. The Kier molecular flexibility index (Phi) is 30.0.